The highest BCUT2D eigenvalue weighted by Crippen LogP contribution is 2.36. The summed E-state index contributed by atoms with van der Waals surface area (Å²) in [6.45, 7) is 5.03. The number of carbonyl (C=O) groups is 1. The van der Waals surface area contributed by atoms with E-state index in [9.17, 15) is 4.79 Å². The van der Waals surface area contributed by atoms with Gasteiger partial charge < -0.3 is 19.3 Å². The van der Waals surface area contributed by atoms with Gasteiger partial charge in [-0.15, -0.1) is 0 Å². The van der Waals surface area contributed by atoms with E-state index >= 15 is 0 Å². The molecule has 1 aliphatic carbocycles. The summed E-state index contributed by atoms with van der Waals surface area (Å²) < 4.78 is 17.3. The first-order chi connectivity index (χ1) is 16.4. The summed E-state index contributed by atoms with van der Waals surface area (Å²) >= 11 is 0. The average Bonchev–Trinajstić information content (AvgIpc) is 2.97. The molecule has 0 amide bonds. The second-order valence-electron chi connectivity index (χ2n) is 8.61. The summed E-state index contributed by atoms with van der Waals surface area (Å²) in [4.78, 5) is 11.1. The van der Waals surface area contributed by atoms with Gasteiger partial charge in [-0.05, 0) is 53.8 Å². The third kappa shape index (κ3) is 5.56. The molecule has 34 heavy (non-hydrogen) atoms. The molecule has 0 radical (unpaired) electrons. The van der Waals surface area contributed by atoms with Crippen LogP contribution in [0.15, 0.2) is 60.7 Å². The minimum atomic E-state index is -0.970. The number of aryl methyl sites for hydroxylation is 2. The predicted octanol–water partition coefficient (Wildman–Crippen LogP) is 5.61. The zero-order valence-corrected chi connectivity index (χ0v) is 19.8. The molecule has 1 atom stereocenters. The van der Waals surface area contributed by atoms with Crippen LogP contribution in [0.3, 0.4) is 0 Å². The molecule has 176 valence electrons. The van der Waals surface area contributed by atoms with Gasteiger partial charge in [0, 0.05) is 13.5 Å². The fourth-order valence-corrected chi connectivity index (χ4v) is 4.21. The van der Waals surface area contributed by atoms with E-state index in [1.54, 1.807) is 0 Å². The smallest absolute Gasteiger partial charge is 0.333 e. The summed E-state index contributed by atoms with van der Waals surface area (Å²) in [6.07, 6.45) is 3.62. The number of carboxylic acids is 1. The summed E-state index contributed by atoms with van der Waals surface area (Å²) in [5.41, 5.74) is 7.96. The lowest BCUT2D eigenvalue weighted by atomic mass is 9.94. The molecule has 0 aliphatic heterocycles. The molecule has 0 spiro atoms. The highest BCUT2D eigenvalue weighted by atomic mass is 16.5. The summed E-state index contributed by atoms with van der Waals surface area (Å²) in [7, 11) is 1.40. The molecule has 0 aromatic heterocycles. The third-order valence-electron chi connectivity index (χ3n) is 6.03. The Kier molecular flexibility index (Phi) is 7.46. The van der Waals surface area contributed by atoms with E-state index in [4.69, 9.17) is 19.3 Å². The van der Waals surface area contributed by atoms with E-state index < -0.39 is 12.1 Å². The van der Waals surface area contributed by atoms with Gasteiger partial charge in [0.1, 0.15) is 18.5 Å². The van der Waals surface area contributed by atoms with Crippen LogP contribution in [0, 0.1) is 13.8 Å². The van der Waals surface area contributed by atoms with E-state index in [1.807, 2.05) is 24.3 Å². The van der Waals surface area contributed by atoms with E-state index in [1.165, 1.54) is 29.4 Å². The van der Waals surface area contributed by atoms with Crippen LogP contribution in [0.5, 0.6) is 5.75 Å². The summed E-state index contributed by atoms with van der Waals surface area (Å²) in [5.74, 6) is -0.256. The highest BCUT2D eigenvalue weighted by molar-refractivity contribution is 5.76. The monoisotopic (exact) mass is 458 g/mol. The van der Waals surface area contributed by atoms with Gasteiger partial charge in [-0.3, -0.25) is 0 Å². The Bertz CT molecular complexity index is 1120. The number of benzene rings is 3. The lowest BCUT2D eigenvalue weighted by Gasteiger charge is -2.22. The molecule has 0 fully saturated rings. The van der Waals surface area contributed by atoms with Crippen LogP contribution in [-0.4, -0.2) is 37.5 Å². The van der Waals surface area contributed by atoms with Gasteiger partial charge in [0.05, 0.1) is 6.61 Å². The van der Waals surface area contributed by atoms with Crippen LogP contribution in [-0.2, 0) is 20.7 Å². The molecule has 3 aromatic rings. The quantitative estimate of drug-likeness (QED) is 0.422. The largest absolute Gasteiger partial charge is 0.491 e. The van der Waals surface area contributed by atoms with Crippen LogP contribution in [0.25, 0.3) is 12.2 Å². The zero-order chi connectivity index (χ0) is 24.1. The van der Waals surface area contributed by atoms with Crippen molar-refractivity contribution in [3.05, 3.63) is 99.6 Å². The number of aliphatic carboxylic acids is 1. The zero-order valence-electron chi connectivity index (χ0n) is 19.8. The molecule has 0 saturated carbocycles. The third-order valence-corrected chi connectivity index (χ3v) is 6.03. The second kappa shape index (κ2) is 10.7. The molecular weight excluding hydrogens is 428 g/mol. The minimum absolute atomic E-state index is 0.172. The molecular formula is C29H30O5. The van der Waals surface area contributed by atoms with Gasteiger partial charge in [0.15, 0.2) is 6.10 Å². The Labute approximate surface area is 200 Å². The normalized spacial score (nSPS) is 13.6. The Morgan fingerprint density at radius 3 is 2.00 bits per heavy atom. The number of methoxy groups -OCH3 is 1. The maximum atomic E-state index is 11.1. The topological polar surface area (TPSA) is 65.0 Å². The van der Waals surface area contributed by atoms with Gasteiger partial charge in [-0.2, -0.15) is 0 Å². The van der Waals surface area contributed by atoms with Crippen LogP contribution in [0.4, 0.5) is 0 Å². The van der Waals surface area contributed by atoms with E-state index in [0.717, 1.165) is 16.7 Å². The first kappa shape index (κ1) is 23.7. The van der Waals surface area contributed by atoms with Crippen LogP contribution >= 0.6 is 0 Å². The van der Waals surface area contributed by atoms with Crippen molar-refractivity contribution < 1.29 is 24.1 Å². The maximum absolute atomic E-state index is 11.1. The molecule has 4 rings (SSSR count). The molecule has 0 heterocycles. The molecule has 5 heteroatoms. The Hall–Kier alpha value is -3.41. The van der Waals surface area contributed by atoms with E-state index in [-0.39, 0.29) is 6.10 Å². The number of hydrogen-bond donors (Lipinski definition) is 1. The van der Waals surface area contributed by atoms with Crippen molar-refractivity contribution >= 4 is 18.1 Å². The molecule has 0 saturated heterocycles. The van der Waals surface area contributed by atoms with Gasteiger partial charge in [0.2, 0.25) is 0 Å². The first-order valence-electron chi connectivity index (χ1n) is 11.4. The van der Waals surface area contributed by atoms with E-state index in [0.29, 0.717) is 25.4 Å². The lowest BCUT2D eigenvalue weighted by Crippen LogP contribution is -2.24. The van der Waals surface area contributed by atoms with Gasteiger partial charge in [-0.1, -0.05) is 71.8 Å². The number of fused-ring (bicyclic) bond motifs is 2. The van der Waals surface area contributed by atoms with Crippen LogP contribution in [0.1, 0.15) is 45.0 Å². The highest BCUT2D eigenvalue weighted by Gasteiger charge is 2.22. The summed E-state index contributed by atoms with van der Waals surface area (Å²) in [6, 6.07) is 20.3. The molecule has 0 bridgehead atoms. The number of carboxylic acid groups (broad SMARTS) is 1. The maximum Gasteiger partial charge on any atom is 0.333 e. The van der Waals surface area contributed by atoms with Crippen molar-refractivity contribution in [1.29, 1.82) is 0 Å². The fraction of sp³-hybridized carbons (Fsp3) is 0.276. The van der Waals surface area contributed by atoms with Crippen LogP contribution in [0.2, 0.25) is 0 Å². The first-order valence-corrected chi connectivity index (χ1v) is 11.4. The molecule has 1 aliphatic rings. The number of hydrogen-bond acceptors (Lipinski definition) is 4. The molecule has 1 unspecified atom stereocenters. The van der Waals surface area contributed by atoms with Crippen molar-refractivity contribution in [3.8, 4) is 5.75 Å². The fourth-order valence-electron chi connectivity index (χ4n) is 4.21. The lowest BCUT2D eigenvalue weighted by molar-refractivity contribution is -0.148. The van der Waals surface area contributed by atoms with Crippen molar-refractivity contribution in [3.63, 3.8) is 0 Å². The predicted molar refractivity (Wildman–Crippen MR) is 133 cm³/mol. The van der Waals surface area contributed by atoms with Gasteiger partial charge in [0.25, 0.3) is 0 Å². The van der Waals surface area contributed by atoms with Crippen molar-refractivity contribution in [2.24, 2.45) is 0 Å². The minimum Gasteiger partial charge on any atom is -0.491 e. The van der Waals surface area contributed by atoms with Gasteiger partial charge in [-0.25, -0.2) is 4.79 Å². The average molecular weight is 459 g/mol. The van der Waals surface area contributed by atoms with Crippen LogP contribution < -0.4 is 4.74 Å². The molecule has 5 nitrogen and oxygen atoms in total. The second-order valence-corrected chi connectivity index (χ2v) is 8.61. The summed E-state index contributed by atoms with van der Waals surface area (Å²) in [5, 5.41) is 9.14. The standard InChI is InChI=1S/C29H30O5/c1-19-4-12-25-22(16-19)8-9-23-17-20(2)5-13-26(23)28(25)34-15-14-33-24-10-6-21(7-11-24)18-27(32-3)29(30)31/h4-13,16-17,27-28H,14-15,18H2,1-3H3,(H,30,31). The van der Waals surface area contributed by atoms with Crippen molar-refractivity contribution in [2.75, 3.05) is 20.3 Å². The Morgan fingerprint density at radius 2 is 1.47 bits per heavy atom. The molecule has 3 aromatic carbocycles. The van der Waals surface area contributed by atoms with E-state index in [2.05, 4.69) is 62.4 Å². The number of ether oxygens (including phenoxy) is 3. The Balaban J connectivity index is 1.41. The van der Waals surface area contributed by atoms with Crippen molar-refractivity contribution in [2.45, 2.75) is 32.5 Å². The van der Waals surface area contributed by atoms with Crippen molar-refractivity contribution in [1.82, 2.24) is 0 Å². The molecule has 1 N–H and O–H groups in total. The number of rotatable bonds is 9. The van der Waals surface area contributed by atoms with Gasteiger partial charge >= 0.3 is 5.97 Å². The Morgan fingerprint density at radius 1 is 0.882 bits per heavy atom. The SMILES string of the molecule is COC(Cc1ccc(OCCOC2c3ccc(C)cc3C=Cc3cc(C)ccc32)cc1)C(=O)O.